The van der Waals surface area contributed by atoms with E-state index in [0.717, 1.165) is 60.6 Å². The molecule has 3 aromatic rings. The van der Waals surface area contributed by atoms with Gasteiger partial charge < -0.3 is 10.6 Å². The van der Waals surface area contributed by atoms with E-state index >= 15 is 0 Å². The van der Waals surface area contributed by atoms with Crippen LogP contribution in [0, 0.1) is 6.92 Å². The molecule has 238 valence electrons. The molecule has 4 rings (SSSR count). The van der Waals surface area contributed by atoms with E-state index in [1.54, 1.807) is 6.92 Å². The molecule has 2 aromatic heterocycles. The number of pyridine rings is 1. The van der Waals surface area contributed by atoms with E-state index in [2.05, 4.69) is 20.0 Å². The monoisotopic (exact) mass is 674 g/mol. The number of hydrogen-bond acceptors (Lipinski definition) is 9. The van der Waals surface area contributed by atoms with Gasteiger partial charge in [0.25, 0.3) is 0 Å². The van der Waals surface area contributed by atoms with Crippen LogP contribution in [0.5, 0.6) is 0 Å². The minimum atomic E-state index is -4.54. The number of carbonyl (C=O) groups excluding carboxylic acids is 2. The second-order valence-electron chi connectivity index (χ2n) is 10.8. The predicted molar refractivity (Wildman–Crippen MR) is 156 cm³/mol. The molecule has 0 saturated carbocycles. The summed E-state index contributed by atoms with van der Waals surface area (Å²) in [7, 11) is -7.70. The summed E-state index contributed by atoms with van der Waals surface area (Å²) in [5.41, 5.74) is 3.94. The zero-order chi connectivity index (χ0) is 32.8. The molecule has 0 radical (unpaired) electrons. The second-order valence-corrected chi connectivity index (χ2v) is 15.5. The Morgan fingerprint density at radius 3 is 2.25 bits per heavy atom. The van der Waals surface area contributed by atoms with E-state index < -0.39 is 55.5 Å². The van der Waals surface area contributed by atoms with Crippen molar-refractivity contribution in [3.63, 3.8) is 0 Å². The lowest BCUT2D eigenvalue weighted by Gasteiger charge is -2.27. The van der Waals surface area contributed by atoms with Crippen LogP contribution in [-0.4, -0.2) is 74.7 Å². The summed E-state index contributed by atoms with van der Waals surface area (Å²) >= 11 is 0.998. The molecule has 12 nitrogen and oxygen atoms in total. The van der Waals surface area contributed by atoms with Crippen LogP contribution in [0.3, 0.4) is 0 Å². The van der Waals surface area contributed by atoms with E-state index in [4.69, 9.17) is 5.73 Å². The largest absolute Gasteiger partial charge is 0.399 e. The van der Waals surface area contributed by atoms with Gasteiger partial charge in [-0.2, -0.15) is 13.2 Å². The van der Waals surface area contributed by atoms with Gasteiger partial charge in [-0.1, -0.05) is 11.3 Å². The number of benzene rings is 1. The first-order chi connectivity index (χ1) is 20.2. The van der Waals surface area contributed by atoms with Crippen LogP contribution in [0.1, 0.15) is 31.7 Å². The van der Waals surface area contributed by atoms with Crippen LogP contribution < -0.4 is 15.8 Å². The molecule has 0 bridgehead atoms. The number of sulfone groups is 1. The highest BCUT2D eigenvalue weighted by Crippen LogP contribution is 2.41. The number of amides is 3. The first-order valence-corrected chi connectivity index (χ1v) is 17.1. The number of rotatable bonds is 8. The maximum absolute atomic E-state index is 13.6. The summed E-state index contributed by atoms with van der Waals surface area (Å²) in [6.07, 6.45) is -2.42. The molecule has 1 aromatic carbocycles. The van der Waals surface area contributed by atoms with Crippen LogP contribution in [-0.2, 0) is 30.1 Å². The highest BCUT2D eigenvalue weighted by atomic mass is 32.2. The lowest BCUT2D eigenvalue weighted by Crippen LogP contribution is -2.46. The Hall–Kier alpha value is -3.61. The van der Waals surface area contributed by atoms with Crippen LogP contribution in [0.4, 0.5) is 23.1 Å². The van der Waals surface area contributed by atoms with Gasteiger partial charge in [0.15, 0.2) is 15.0 Å². The molecule has 3 amide bonds. The average Bonchev–Trinajstić information content (AvgIpc) is 3.50. The van der Waals surface area contributed by atoms with E-state index in [-0.39, 0.29) is 33.6 Å². The van der Waals surface area contributed by atoms with Crippen molar-refractivity contribution >= 4 is 48.3 Å². The molecule has 0 aliphatic carbocycles. The van der Waals surface area contributed by atoms with Crippen molar-refractivity contribution in [2.75, 3.05) is 18.1 Å². The standard InChI is InChI=1S/C26H29F3N6O6S3/c1-14-21(15-9-10-31-20(11-15)25(2,3)26(27,28)29)42-23(32-14)33-24(37)35-13-16(12-19(35)22(30)36)34-44(40,41)18-7-5-17(6-8-18)43(4,38)39/h5-11,16,19,34H,12-13H2,1-4H3,(H2,30,36)(H,32,33,37)/t16-,19+/m1/s1. The fourth-order valence-corrected chi connectivity index (χ4v) is 7.33. The van der Waals surface area contributed by atoms with E-state index in [9.17, 15) is 39.6 Å². The number of nitrogens with zero attached hydrogens (tertiary/aromatic N) is 3. The summed E-state index contributed by atoms with van der Waals surface area (Å²) in [6.45, 7) is 3.44. The quantitative estimate of drug-likeness (QED) is 0.326. The fraction of sp³-hybridized carbons (Fsp3) is 0.385. The molecule has 1 saturated heterocycles. The van der Waals surface area contributed by atoms with Gasteiger partial charge in [0.2, 0.25) is 15.9 Å². The van der Waals surface area contributed by atoms with Gasteiger partial charge in [-0.25, -0.2) is 31.3 Å². The number of alkyl halides is 3. The van der Waals surface area contributed by atoms with Crippen LogP contribution in [0.15, 0.2) is 52.4 Å². The van der Waals surface area contributed by atoms with Crippen LogP contribution in [0.2, 0.25) is 0 Å². The Morgan fingerprint density at radius 2 is 1.68 bits per heavy atom. The predicted octanol–water partition coefficient (Wildman–Crippen LogP) is 3.20. The van der Waals surface area contributed by atoms with Gasteiger partial charge in [0.05, 0.1) is 26.1 Å². The molecular formula is C26H29F3N6O6S3. The van der Waals surface area contributed by atoms with Crippen molar-refractivity contribution in [1.29, 1.82) is 0 Å². The van der Waals surface area contributed by atoms with E-state index in [0.29, 0.717) is 16.1 Å². The Labute approximate surface area is 255 Å². The molecule has 3 heterocycles. The average molecular weight is 675 g/mol. The van der Waals surface area contributed by atoms with Gasteiger partial charge in [0.1, 0.15) is 11.5 Å². The minimum Gasteiger partial charge on any atom is -0.368 e. The summed E-state index contributed by atoms with van der Waals surface area (Å²) < 4.78 is 92.4. The minimum absolute atomic E-state index is 0.0657. The summed E-state index contributed by atoms with van der Waals surface area (Å²) in [5.74, 6) is -0.869. The first-order valence-electron chi connectivity index (χ1n) is 12.9. The highest BCUT2D eigenvalue weighted by molar-refractivity contribution is 7.90. The number of aromatic nitrogens is 2. The SMILES string of the molecule is Cc1nc(NC(=O)N2C[C@H](NS(=O)(=O)c3ccc(S(C)(=O)=O)cc3)C[C@H]2C(N)=O)sc1-c1ccnc(C(C)(C)C(F)(F)F)c1. The summed E-state index contributed by atoms with van der Waals surface area (Å²) in [4.78, 5) is 34.8. The third-order valence-corrected chi connectivity index (χ3v) is 10.9. The van der Waals surface area contributed by atoms with Crippen molar-refractivity contribution in [3.05, 3.63) is 54.0 Å². The number of carbonyl (C=O) groups is 2. The fourth-order valence-electron chi connectivity index (χ4n) is 4.51. The molecule has 4 N–H and O–H groups in total. The molecule has 44 heavy (non-hydrogen) atoms. The summed E-state index contributed by atoms with van der Waals surface area (Å²) in [5, 5.41) is 2.65. The lowest BCUT2D eigenvalue weighted by atomic mass is 9.87. The number of primary amides is 1. The molecule has 0 spiro atoms. The molecule has 0 unspecified atom stereocenters. The van der Waals surface area contributed by atoms with Gasteiger partial charge in [-0.15, -0.1) is 0 Å². The van der Waals surface area contributed by atoms with Crippen molar-refractivity contribution < 1.29 is 39.6 Å². The molecule has 1 fully saturated rings. The van der Waals surface area contributed by atoms with Crippen molar-refractivity contribution in [2.45, 2.75) is 60.7 Å². The Kier molecular flexibility index (Phi) is 8.86. The highest BCUT2D eigenvalue weighted by Gasteiger charge is 2.49. The Balaban J connectivity index is 1.50. The lowest BCUT2D eigenvalue weighted by molar-refractivity contribution is -0.181. The van der Waals surface area contributed by atoms with Gasteiger partial charge in [0, 0.05) is 25.0 Å². The normalized spacial score (nSPS) is 17.9. The Bertz CT molecular complexity index is 1810. The number of sulfonamides is 1. The van der Waals surface area contributed by atoms with E-state index in [1.165, 1.54) is 18.3 Å². The number of anilines is 1. The number of thiazole rings is 1. The van der Waals surface area contributed by atoms with Gasteiger partial charge in [-0.05, 0) is 69.2 Å². The third kappa shape index (κ3) is 6.87. The topological polar surface area (TPSA) is 182 Å². The van der Waals surface area contributed by atoms with E-state index in [1.807, 2.05) is 0 Å². The second kappa shape index (κ2) is 11.7. The number of nitrogens with two attached hydrogens (primary N) is 1. The third-order valence-electron chi connectivity index (χ3n) is 7.16. The number of hydrogen-bond donors (Lipinski definition) is 3. The maximum Gasteiger partial charge on any atom is 0.399 e. The number of halogens is 3. The number of aryl methyl sites for hydroxylation is 1. The first kappa shape index (κ1) is 33.3. The molecular weight excluding hydrogens is 646 g/mol. The maximum atomic E-state index is 13.6. The van der Waals surface area contributed by atoms with Crippen LogP contribution >= 0.6 is 11.3 Å². The molecule has 1 aliphatic heterocycles. The number of likely N-dealkylation sites (tertiary alicyclic amines) is 1. The Morgan fingerprint density at radius 1 is 1.07 bits per heavy atom. The molecule has 2 atom stereocenters. The van der Waals surface area contributed by atoms with Gasteiger partial charge >= 0.3 is 12.2 Å². The number of nitrogens with one attached hydrogen (secondary N) is 2. The van der Waals surface area contributed by atoms with Crippen molar-refractivity contribution in [1.82, 2.24) is 19.6 Å². The smallest absolute Gasteiger partial charge is 0.368 e. The van der Waals surface area contributed by atoms with Crippen LogP contribution in [0.25, 0.3) is 10.4 Å². The number of urea groups is 1. The summed E-state index contributed by atoms with van der Waals surface area (Å²) in [6, 6.07) is 4.54. The van der Waals surface area contributed by atoms with Crippen molar-refractivity contribution in [3.8, 4) is 10.4 Å². The zero-order valence-electron chi connectivity index (χ0n) is 23.8. The molecule has 1 aliphatic rings. The molecule has 18 heteroatoms. The zero-order valence-corrected chi connectivity index (χ0v) is 26.3. The van der Waals surface area contributed by atoms with Crippen molar-refractivity contribution in [2.24, 2.45) is 5.73 Å². The van der Waals surface area contributed by atoms with Gasteiger partial charge in [-0.3, -0.25) is 15.1 Å².